The Hall–Kier alpha value is -2.56. The van der Waals surface area contributed by atoms with Gasteiger partial charge in [0, 0.05) is 6.04 Å². The summed E-state index contributed by atoms with van der Waals surface area (Å²) in [6, 6.07) is 11.0. The molecule has 3 rings (SSSR count). The third-order valence-corrected chi connectivity index (χ3v) is 4.91. The van der Waals surface area contributed by atoms with Crippen LogP contribution < -0.4 is 4.74 Å². The maximum Gasteiger partial charge on any atom is 0.326 e. The van der Waals surface area contributed by atoms with E-state index < -0.39 is 12.0 Å². The van der Waals surface area contributed by atoms with Gasteiger partial charge in [0.1, 0.15) is 11.8 Å². The van der Waals surface area contributed by atoms with Gasteiger partial charge in [-0.2, -0.15) is 0 Å². The quantitative estimate of drug-likeness (QED) is 0.874. The molecule has 2 atom stereocenters. The van der Waals surface area contributed by atoms with E-state index in [1.54, 1.807) is 18.9 Å². The summed E-state index contributed by atoms with van der Waals surface area (Å²) in [6.07, 6.45) is 1.77. The molecular formula is C20H23NO4. The Bertz CT molecular complexity index is 812. The number of ether oxygens (including phenoxy) is 1. The fourth-order valence-corrected chi connectivity index (χ4v) is 3.16. The fraction of sp³-hybridized carbons (Fsp3) is 0.400. The van der Waals surface area contributed by atoms with Crippen molar-refractivity contribution in [3.63, 3.8) is 0 Å². The van der Waals surface area contributed by atoms with E-state index >= 15 is 0 Å². The van der Waals surface area contributed by atoms with Crippen molar-refractivity contribution >= 4 is 22.6 Å². The first kappa shape index (κ1) is 17.3. The predicted octanol–water partition coefficient (Wildman–Crippen LogP) is 3.42. The van der Waals surface area contributed by atoms with Crippen molar-refractivity contribution < 1.29 is 19.4 Å². The van der Waals surface area contributed by atoms with Gasteiger partial charge in [-0.15, -0.1) is 0 Å². The Kier molecular flexibility index (Phi) is 4.66. The smallest absolute Gasteiger partial charge is 0.326 e. The molecule has 1 fully saturated rings. The lowest BCUT2D eigenvalue weighted by molar-refractivity contribution is -0.150. The van der Waals surface area contributed by atoms with Gasteiger partial charge in [-0.3, -0.25) is 4.79 Å². The largest absolute Gasteiger partial charge is 0.497 e. The van der Waals surface area contributed by atoms with E-state index in [-0.39, 0.29) is 17.9 Å². The van der Waals surface area contributed by atoms with Crippen LogP contribution in [0.3, 0.4) is 0 Å². The summed E-state index contributed by atoms with van der Waals surface area (Å²) in [4.78, 5) is 25.9. The van der Waals surface area contributed by atoms with Crippen LogP contribution in [0, 0.1) is 0 Å². The Morgan fingerprint density at radius 3 is 2.36 bits per heavy atom. The van der Waals surface area contributed by atoms with E-state index in [0.29, 0.717) is 0 Å². The molecule has 25 heavy (non-hydrogen) atoms. The molecule has 0 bridgehead atoms. The fourth-order valence-electron chi connectivity index (χ4n) is 3.16. The predicted molar refractivity (Wildman–Crippen MR) is 95.9 cm³/mol. The van der Waals surface area contributed by atoms with Crippen LogP contribution in [0.2, 0.25) is 0 Å². The van der Waals surface area contributed by atoms with Crippen LogP contribution in [-0.2, 0) is 9.59 Å². The molecule has 2 aromatic carbocycles. The number of nitrogens with zero attached hydrogens (tertiary/aromatic N) is 1. The highest BCUT2D eigenvalue weighted by Crippen LogP contribution is 2.33. The minimum atomic E-state index is -0.960. The number of methoxy groups -OCH3 is 1. The molecule has 132 valence electrons. The molecule has 1 saturated carbocycles. The van der Waals surface area contributed by atoms with Crippen molar-refractivity contribution in [3.05, 3.63) is 42.0 Å². The minimum absolute atomic E-state index is 0.0609. The first-order valence-corrected chi connectivity index (χ1v) is 8.55. The maximum absolute atomic E-state index is 13.0. The molecule has 2 aromatic rings. The van der Waals surface area contributed by atoms with E-state index in [1.807, 2.05) is 43.3 Å². The normalized spacial score (nSPS) is 16.3. The number of hydrogen-bond donors (Lipinski definition) is 1. The van der Waals surface area contributed by atoms with Gasteiger partial charge < -0.3 is 14.7 Å². The number of fused-ring (bicyclic) bond motifs is 1. The van der Waals surface area contributed by atoms with Gasteiger partial charge in [-0.1, -0.05) is 24.3 Å². The summed E-state index contributed by atoms with van der Waals surface area (Å²) in [5.74, 6) is -0.670. The van der Waals surface area contributed by atoms with Crippen molar-refractivity contribution in [2.45, 2.75) is 44.7 Å². The van der Waals surface area contributed by atoms with Gasteiger partial charge in [0.15, 0.2) is 0 Å². The molecule has 0 heterocycles. The topological polar surface area (TPSA) is 66.8 Å². The zero-order valence-corrected chi connectivity index (χ0v) is 14.7. The minimum Gasteiger partial charge on any atom is -0.497 e. The summed E-state index contributed by atoms with van der Waals surface area (Å²) in [7, 11) is 1.63. The number of carboxylic acid groups (broad SMARTS) is 1. The van der Waals surface area contributed by atoms with Crippen LogP contribution in [0.15, 0.2) is 36.4 Å². The van der Waals surface area contributed by atoms with Crippen molar-refractivity contribution in [2.24, 2.45) is 0 Å². The second-order valence-electron chi connectivity index (χ2n) is 6.69. The average Bonchev–Trinajstić information content (AvgIpc) is 3.44. The summed E-state index contributed by atoms with van der Waals surface area (Å²) >= 11 is 0. The first-order chi connectivity index (χ1) is 11.9. The lowest BCUT2D eigenvalue weighted by Gasteiger charge is -2.29. The third kappa shape index (κ3) is 3.45. The number of hydrogen-bond acceptors (Lipinski definition) is 3. The van der Waals surface area contributed by atoms with Crippen molar-refractivity contribution in [2.75, 3.05) is 7.11 Å². The van der Waals surface area contributed by atoms with Crippen LogP contribution in [-0.4, -0.2) is 41.1 Å². The summed E-state index contributed by atoms with van der Waals surface area (Å²) in [6.45, 7) is 3.43. The number of rotatable bonds is 6. The third-order valence-electron chi connectivity index (χ3n) is 4.91. The van der Waals surface area contributed by atoms with Crippen LogP contribution in [0.5, 0.6) is 5.75 Å². The van der Waals surface area contributed by atoms with E-state index in [9.17, 15) is 14.7 Å². The van der Waals surface area contributed by atoms with E-state index in [0.717, 1.165) is 34.9 Å². The second-order valence-corrected chi connectivity index (χ2v) is 6.69. The molecule has 0 saturated heterocycles. The number of amides is 1. The molecule has 0 aliphatic heterocycles. The standard InChI is InChI=1S/C20H23NO4/c1-12(19(22)21(17-7-8-17)13(2)20(23)24)14-4-5-16-11-18(25-3)9-6-15(16)10-14/h4-6,9-13,17H,7-8H2,1-3H3,(H,23,24)/t12-,13?/m0/s1. The lowest BCUT2D eigenvalue weighted by Crippen LogP contribution is -2.46. The Morgan fingerprint density at radius 1 is 1.12 bits per heavy atom. The first-order valence-electron chi connectivity index (χ1n) is 8.55. The molecule has 1 aliphatic carbocycles. The monoisotopic (exact) mass is 341 g/mol. The van der Waals surface area contributed by atoms with Crippen molar-refractivity contribution in [1.29, 1.82) is 0 Å². The van der Waals surface area contributed by atoms with Gasteiger partial charge in [-0.25, -0.2) is 4.79 Å². The van der Waals surface area contributed by atoms with Crippen LogP contribution in [0.25, 0.3) is 10.8 Å². The zero-order valence-electron chi connectivity index (χ0n) is 14.7. The highest BCUT2D eigenvalue weighted by molar-refractivity contribution is 5.90. The molecule has 0 radical (unpaired) electrons. The molecular weight excluding hydrogens is 318 g/mol. The average molecular weight is 341 g/mol. The molecule has 1 aliphatic rings. The molecule has 0 spiro atoms. The number of benzene rings is 2. The number of aliphatic carboxylic acids is 1. The molecule has 5 heteroatoms. The van der Waals surface area contributed by atoms with Crippen LogP contribution in [0.4, 0.5) is 0 Å². The van der Waals surface area contributed by atoms with Gasteiger partial charge >= 0.3 is 5.97 Å². The Balaban J connectivity index is 1.88. The lowest BCUT2D eigenvalue weighted by atomic mass is 9.96. The maximum atomic E-state index is 13.0. The van der Waals surface area contributed by atoms with E-state index in [1.165, 1.54) is 0 Å². The molecule has 5 nitrogen and oxygen atoms in total. The Morgan fingerprint density at radius 2 is 1.76 bits per heavy atom. The molecule has 1 unspecified atom stereocenters. The number of carbonyl (C=O) groups is 2. The molecule has 0 aromatic heterocycles. The van der Waals surface area contributed by atoms with Gasteiger partial charge in [0.2, 0.25) is 5.91 Å². The van der Waals surface area contributed by atoms with Crippen molar-refractivity contribution in [1.82, 2.24) is 4.90 Å². The molecule has 1 N–H and O–H groups in total. The Labute approximate surface area is 147 Å². The van der Waals surface area contributed by atoms with E-state index in [2.05, 4.69) is 0 Å². The van der Waals surface area contributed by atoms with Gasteiger partial charge in [0.25, 0.3) is 0 Å². The zero-order chi connectivity index (χ0) is 18.1. The highest BCUT2D eigenvalue weighted by Gasteiger charge is 2.40. The van der Waals surface area contributed by atoms with Crippen LogP contribution in [0.1, 0.15) is 38.2 Å². The van der Waals surface area contributed by atoms with Gasteiger partial charge in [-0.05, 0) is 55.2 Å². The molecule has 1 amide bonds. The van der Waals surface area contributed by atoms with E-state index in [4.69, 9.17) is 4.74 Å². The number of carbonyl (C=O) groups excluding carboxylic acids is 1. The SMILES string of the molecule is COc1ccc2cc([C@H](C)C(=O)N(C3CC3)C(C)C(=O)O)ccc2c1. The highest BCUT2D eigenvalue weighted by atomic mass is 16.5. The van der Waals surface area contributed by atoms with Gasteiger partial charge in [0.05, 0.1) is 13.0 Å². The summed E-state index contributed by atoms with van der Waals surface area (Å²) in [5, 5.41) is 11.4. The summed E-state index contributed by atoms with van der Waals surface area (Å²) in [5.41, 5.74) is 0.894. The number of carboxylic acids is 1. The van der Waals surface area contributed by atoms with Crippen LogP contribution >= 0.6 is 0 Å². The second kappa shape index (κ2) is 6.75. The van der Waals surface area contributed by atoms with Crippen molar-refractivity contribution in [3.8, 4) is 5.75 Å². The summed E-state index contributed by atoms with van der Waals surface area (Å²) < 4.78 is 5.24.